The van der Waals surface area contributed by atoms with Crippen molar-refractivity contribution in [3.63, 3.8) is 0 Å². The van der Waals surface area contributed by atoms with Gasteiger partial charge in [0.15, 0.2) is 0 Å². The summed E-state index contributed by atoms with van der Waals surface area (Å²) < 4.78 is 15.1. The van der Waals surface area contributed by atoms with Crippen LogP contribution in [0.2, 0.25) is 0 Å². The van der Waals surface area contributed by atoms with Crippen LogP contribution in [0.4, 0.5) is 4.39 Å². The number of nitrogens with one attached hydrogen (secondary N) is 1. The third-order valence-corrected chi connectivity index (χ3v) is 5.89. The Hall–Kier alpha value is -1.60. The van der Waals surface area contributed by atoms with Gasteiger partial charge in [0, 0.05) is 34.7 Å². The second-order valence-corrected chi connectivity index (χ2v) is 7.44. The molecule has 0 saturated carbocycles. The summed E-state index contributed by atoms with van der Waals surface area (Å²) in [6.07, 6.45) is 1.02. The van der Waals surface area contributed by atoms with E-state index in [1.807, 2.05) is 6.92 Å². The second-order valence-electron chi connectivity index (χ2n) is 5.48. The van der Waals surface area contributed by atoms with E-state index in [-0.39, 0.29) is 29.1 Å². The molecule has 1 aromatic heterocycles. The predicted octanol–water partition coefficient (Wildman–Crippen LogP) is 3.10. The van der Waals surface area contributed by atoms with Crippen molar-refractivity contribution in [3.05, 3.63) is 50.3 Å². The van der Waals surface area contributed by atoms with Crippen LogP contribution in [-0.2, 0) is 11.3 Å². The van der Waals surface area contributed by atoms with Gasteiger partial charge in [-0.15, -0.1) is 11.8 Å². The van der Waals surface area contributed by atoms with Gasteiger partial charge in [-0.05, 0) is 37.1 Å². The van der Waals surface area contributed by atoms with Crippen molar-refractivity contribution in [2.24, 2.45) is 0 Å². The third kappa shape index (κ3) is 3.67. The number of aryl methyl sites for hydroxylation is 1. The highest BCUT2D eigenvalue weighted by molar-refractivity contribution is 7.99. The largest absolute Gasteiger partial charge is 0.349 e. The maximum Gasteiger partial charge on any atom is 0.307 e. The van der Waals surface area contributed by atoms with Crippen LogP contribution in [0, 0.1) is 12.7 Å². The Kier molecular flexibility index (Phi) is 4.87. The number of hydrogen-bond donors (Lipinski definition) is 1. The van der Waals surface area contributed by atoms with Crippen LogP contribution in [0.15, 0.2) is 33.3 Å². The van der Waals surface area contributed by atoms with Gasteiger partial charge in [-0.3, -0.25) is 9.59 Å². The fourth-order valence-electron chi connectivity index (χ4n) is 2.67. The molecule has 2 heterocycles. The van der Waals surface area contributed by atoms with Crippen LogP contribution in [0.25, 0.3) is 0 Å². The van der Waals surface area contributed by atoms with Crippen molar-refractivity contribution in [3.8, 4) is 0 Å². The van der Waals surface area contributed by atoms with Gasteiger partial charge in [0.2, 0.25) is 5.91 Å². The lowest BCUT2D eigenvalue weighted by Gasteiger charge is -2.26. The zero-order valence-corrected chi connectivity index (χ0v) is 14.3. The number of aromatic nitrogens is 1. The number of amides is 1. The molecular weight excluding hydrogens is 335 g/mol. The van der Waals surface area contributed by atoms with Crippen molar-refractivity contribution < 1.29 is 9.18 Å². The Bertz CT molecular complexity index is 785. The minimum absolute atomic E-state index is 0.0446. The molecular formula is C16H17FN2O2S2. The highest BCUT2D eigenvalue weighted by atomic mass is 32.2. The number of benzene rings is 1. The number of rotatable bonds is 4. The summed E-state index contributed by atoms with van der Waals surface area (Å²) in [6.45, 7) is 2.23. The monoisotopic (exact) mass is 352 g/mol. The van der Waals surface area contributed by atoms with Gasteiger partial charge in [-0.2, -0.15) is 0 Å². The van der Waals surface area contributed by atoms with Crippen LogP contribution >= 0.6 is 23.1 Å². The normalized spacial score (nSPS) is 16.9. The molecule has 122 valence electrons. The SMILES string of the molecule is Cc1csc(=O)n1CCC(=O)NC1CCSc2ccc(F)cc21. The topological polar surface area (TPSA) is 51.1 Å². The first-order valence-corrected chi connectivity index (χ1v) is 9.27. The molecule has 7 heteroatoms. The summed E-state index contributed by atoms with van der Waals surface area (Å²) in [5, 5.41) is 4.76. The molecule has 1 N–H and O–H groups in total. The van der Waals surface area contributed by atoms with Crippen LogP contribution < -0.4 is 10.2 Å². The zero-order valence-electron chi connectivity index (χ0n) is 12.7. The highest BCUT2D eigenvalue weighted by Crippen LogP contribution is 2.36. The van der Waals surface area contributed by atoms with E-state index in [1.165, 1.54) is 12.1 Å². The minimum Gasteiger partial charge on any atom is -0.349 e. The molecule has 0 spiro atoms. The Morgan fingerprint density at radius 1 is 1.48 bits per heavy atom. The molecule has 0 saturated heterocycles. The molecule has 0 bridgehead atoms. The number of nitrogens with zero attached hydrogens (tertiary/aromatic N) is 1. The maximum absolute atomic E-state index is 13.5. The van der Waals surface area contributed by atoms with E-state index in [1.54, 1.807) is 27.8 Å². The predicted molar refractivity (Wildman–Crippen MR) is 90.6 cm³/mol. The van der Waals surface area contributed by atoms with E-state index in [2.05, 4.69) is 5.32 Å². The molecule has 1 aliphatic rings. The molecule has 1 aliphatic heterocycles. The molecule has 23 heavy (non-hydrogen) atoms. The lowest BCUT2D eigenvalue weighted by Crippen LogP contribution is -2.32. The summed E-state index contributed by atoms with van der Waals surface area (Å²) in [5.41, 5.74) is 1.72. The van der Waals surface area contributed by atoms with Gasteiger partial charge in [0.05, 0.1) is 6.04 Å². The molecule has 3 rings (SSSR count). The van der Waals surface area contributed by atoms with Crippen LogP contribution in [0.3, 0.4) is 0 Å². The van der Waals surface area contributed by atoms with Crippen molar-refractivity contribution in [1.29, 1.82) is 0 Å². The Labute approximate surface area is 141 Å². The lowest BCUT2D eigenvalue weighted by molar-refractivity contribution is -0.122. The van der Waals surface area contributed by atoms with E-state index in [0.717, 1.165) is 39.7 Å². The molecule has 2 aromatic rings. The average Bonchev–Trinajstić information content (AvgIpc) is 2.84. The fraction of sp³-hybridized carbons (Fsp3) is 0.375. The van der Waals surface area contributed by atoms with Gasteiger partial charge in [-0.1, -0.05) is 11.3 Å². The van der Waals surface area contributed by atoms with Crippen LogP contribution in [0.5, 0.6) is 0 Å². The number of carbonyl (C=O) groups excluding carboxylic acids is 1. The molecule has 1 unspecified atom stereocenters. The summed E-state index contributed by atoms with van der Waals surface area (Å²) in [4.78, 5) is 24.8. The van der Waals surface area contributed by atoms with Crippen LogP contribution in [-0.4, -0.2) is 16.2 Å². The van der Waals surface area contributed by atoms with Crippen molar-refractivity contribution in [2.45, 2.75) is 37.2 Å². The molecule has 0 fully saturated rings. The Morgan fingerprint density at radius 3 is 3.04 bits per heavy atom. The number of thiazole rings is 1. The molecule has 1 aromatic carbocycles. The Balaban J connectivity index is 1.65. The van der Waals surface area contributed by atoms with E-state index in [4.69, 9.17) is 0 Å². The summed E-state index contributed by atoms with van der Waals surface area (Å²) >= 11 is 2.82. The number of thioether (sulfide) groups is 1. The van der Waals surface area contributed by atoms with Crippen molar-refractivity contribution in [2.75, 3.05) is 5.75 Å². The van der Waals surface area contributed by atoms with E-state index in [9.17, 15) is 14.0 Å². The minimum atomic E-state index is -0.286. The van der Waals surface area contributed by atoms with Gasteiger partial charge in [0.1, 0.15) is 5.82 Å². The second kappa shape index (κ2) is 6.88. The average molecular weight is 352 g/mol. The third-order valence-electron chi connectivity index (χ3n) is 3.89. The lowest BCUT2D eigenvalue weighted by atomic mass is 10.0. The molecule has 4 nitrogen and oxygen atoms in total. The zero-order chi connectivity index (χ0) is 16.4. The number of halogens is 1. The fourth-order valence-corrected chi connectivity index (χ4v) is 4.54. The number of hydrogen-bond acceptors (Lipinski definition) is 4. The number of fused-ring (bicyclic) bond motifs is 1. The van der Waals surface area contributed by atoms with Gasteiger partial charge in [0.25, 0.3) is 0 Å². The maximum atomic E-state index is 13.5. The van der Waals surface area contributed by atoms with Gasteiger partial charge < -0.3 is 9.88 Å². The first-order chi connectivity index (χ1) is 11.0. The first kappa shape index (κ1) is 16.3. The summed E-state index contributed by atoms with van der Waals surface area (Å²) in [7, 11) is 0. The van der Waals surface area contributed by atoms with E-state index < -0.39 is 0 Å². The van der Waals surface area contributed by atoms with Crippen LogP contribution in [0.1, 0.15) is 30.1 Å². The highest BCUT2D eigenvalue weighted by Gasteiger charge is 2.22. The van der Waals surface area contributed by atoms with E-state index in [0.29, 0.717) is 6.54 Å². The number of carbonyl (C=O) groups is 1. The molecule has 0 radical (unpaired) electrons. The van der Waals surface area contributed by atoms with Crippen molar-refractivity contribution >= 4 is 29.0 Å². The molecule has 1 atom stereocenters. The summed E-state index contributed by atoms with van der Waals surface area (Å²) in [5.74, 6) is 0.493. The standard InChI is InChI=1S/C16H17FN2O2S2/c1-10-9-23-16(21)19(10)6-4-15(20)18-13-5-7-22-14-3-2-11(17)8-12(13)14/h2-3,8-9,13H,4-7H2,1H3,(H,18,20). The first-order valence-electron chi connectivity index (χ1n) is 7.41. The Morgan fingerprint density at radius 2 is 2.30 bits per heavy atom. The van der Waals surface area contributed by atoms with E-state index >= 15 is 0 Å². The van der Waals surface area contributed by atoms with Gasteiger partial charge in [-0.25, -0.2) is 4.39 Å². The molecule has 1 amide bonds. The smallest absolute Gasteiger partial charge is 0.307 e. The molecule has 0 aliphatic carbocycles. The quantitative estimate of drug-likeness (QED) is 0.920. The summed E-state index contributed by atoms with van der Waals surface area (Å²) in [6, 6.07) is 4.55. The van der Waals surface area contributed by atoms with Gasteiger partial charge >= 0.3 is 4.87 Å². The van der Waals surface area contributed by atoms with Crippen molar-refractivity contribution in [1.82, 2.24) is 9.88 Å².